The van der Waals surface area contributed by atoms with Crippen LogP contribution in [0, 0.1) is 5.82 Å². The molecule has 0 aliphatic heterocycles. The molecule has 1 aromatic rings. The normalized spacial score (nSPS) is 10.0. The van der Waals surface area contributed by atoms with Gasteiger partial charge in [0.25, 0.3) is 5.91 Å². The highest BCUT2D eigenvalue weighted by atomic mass is 19.1. The summed E-state index contributed by atoms with van der Waals surface area (Å²) in [7, 11) is 0. The summed E-state index contributed by atoms with van der Waals surface area (Å²) in [5.41, 5.74) is 5.93. The lowest BCUT2D eigenvalue weighted by atomic mass is 10.1. The van der Waals surface area contributed by atoms with Gasteiger partial charge in [0.05, 0.1) is 12.2 Å². The van der Waals surface area contributed by atoms with Gasteiger partial charge in [-0.2, -0.15) is 0 Å². The number of carbonyl (C=O) groups excluding carboxylic acids is 1. The van der Waals surface area contributed by atoms with Crippen molar-refractivity contribution in [2.45, 2.75) is 0 Å². The minimum Gasteiger partial charge on any atom is -0.398 e. The molecule has 5 heteroatoms. The second kappa shape index (κ2) is 6.00. The van der Waals surface area contributed by atoms with Gasteiger partial charge in [0.1, 0.15) is 5.82 Å². The van der Waals surface area contributed by atoms with E-state index in [0.29, 0.717) is 0 Å². The van der Waals surface area contributed by atoms with Crippen LogP contribution in [0.25, 0.3) is 0 Å². The Bertz CT molecular complexity index is 421. The molecule has 0 radical (unpaired) electrons. The molecule has 3 N–H and O–H groups in total. The van der Waals surface area contributed by atoms with Gasteiger partial charge in [-0.1, -0.05) is 6.08 Å². The van der Waals surface area contributed by atoms with Gasteiger partial charge in [-0.15, -0.1) is 6.58 Å². The van der Waals surface area contributed by atoms with Crippen molar-refractivity contribution in [3.63, 3.8) is 0 Å². The number of nitrogens with zero attached hydrogens (tertiary/aromatic N) is 1. The van der Waals surface area contributed by atoms with Crippen LogP contribution in [0.1, 0.15) is 10.4 Å². The molecule has 17 heavy (non-hydrogen) atoms. The largest absolute Gasteiger partial charge is 0.398 e. The van der Waals surface area contributed by atoms with E-state index in [-0.39, 0.29) is 30.9 Å². The molecule has 0 aromatic heterocycles. The van der Waals surface area contributed by atoms with Gasteiger partial charge in [-0.05, 0) is 18.2 Å². The Labute approximate surface area is 99.2 Å². The third kappa shape index (κ3) is 3.29. The van der Waals surface area contributed by atoms with Gasteiger partial charge in [0.15, 0.2) is 0 Å². The molecule has 0 atom stereocenters. The van der Waals surface area contributed by atoms with Crippen molar-refractivity contribution in [2.24, 2.45) is 0 Å². The van der Waals surface area contributed by atoms with Crippen molar-refractivity contribution in [2.75, 3.05) is 25.4 Å². The first kappa shape index (κ1) is 13.2. The van der Waals surface area contributed by atoms with E-state index in [1.807, 2.05) is 0 Å². The fraction of sp³-hybridized carbons (Fsp3) is 0.250. The van der Waals surface area contributed by atoms with Crippen LogP contribution < -0.4 is 5.73 Å². The van der Waals surface area contributed by atoms with Crippen LogP contribution >= 0.6 is 0 Å². The molecule has 0 saturated carbocycles. The SMILES string of the molecule is C=CCN(CCO)C(=O)c1cc(F)ccc1N. The van der Waals surface area contributed by atoms with E-state index in [0.717, 1.165) is 6.07 Å². The zero-order valence-electron chi connectivity index (χ0n) is 9.40. The molecule has 0 saturated heterocycles. The molecular formula is C12H15FN2O2. The van der Waals surface area contributed by atoms with Gasteiger partial charge >= 0.3 is 0 Å². The van der Waals surface area contributed by atoms with Crippen LogP contribution in [0.4, 0.5) is 10.1 Å². The van der Waals surface area contributed by atoms with Gasteiger partial charge in [-0.3, -0.25) is 4.79 Å². The summed E-state index contributed by atoms with van der Waals surface area (Å²) in [4.78, 5) is 13.4. The standard InChI is InChI=1S/C12H15FN2O2/c1-2-5-15(6-7-16)12(17)10-8-9(13)3-4-11(10)14/h2-4,8,16H,1,5-7,14H2. The lowest BCUT2D eigenvalue weighted by molar-refractivity contribution is 0.0743. The number of nitrogen functional groups attached to an aromatic ring is 1. The Hall–Kier alpha value is -1.88. The molecule has 92 valence electrons. The first-order chi connectivity index (χ1) is 8.10. The predicted octanol–water partition coefficient (Wildman–Crippen LogP) is 1.03. The van der Waals surface area contributed by atoms with Crippen molar-refractivity contribution < 1.29 is 14.3 Å². The van der Waals surface area contributed by atoms with Gasteiger partial charge < -0.3 is 15.7 Å². The zero-order valence-corrected chi connectivity index (χ0v) is 9.40. The number of anilines is 1. The summed E-state index contributed by atoms with van der Waals surface area (Å²) in [5, 5.41) is 8.85. The number of amides is 1. The average molecular weight is 238 g/mol. The van der Waals surface area contributed by atoms with Gasteiger partial charge in [0.2, 0.25) is 0 Å². The number of aliphatic hydroxyl groups is 1. The molecule has 0 aliphatic rings. The van der Waals surface area contributed by atoms with Crippen molar-refractivity contribution in [1.29, 1.82) is 0 Å². The monoisotopic (exact) mass is 238 g/mol. The Kier molecular flexibility index (Phi) is 4.66. The molecule has 0 fully saturated rings. The smallest absolute Gasteiger partial charge is 0.256 e. The highest BCUT2D eigenvalue weighted by Crippen LogP contribution is 2.15. The van der Waals surface area contributed by atoms with E-state index in [2.05, 4.69) is 6.58 Å². The third-order valence-electron chi connectivity index (χ3n) is 2.25. The fourth-order valence-electron chi connectivity index (χ4n) is 1.44. The van der Waals surface area contributed by atoms with Gasteiger partial charge in [-0.25, -0.2) is 4.39 Å². The summed E-state index contributed by atoms with van der Waals surface area (Å²) in [6.07, 6.45) is 1.53. The molecule has 1 rings (SSSR count). The van der Waals surface area contributed by atoms with Crippen molar-refractivity contribution >= 4 is 11.6 Å². The van der Waals surface area contributed by atoms with Crippen LogP contribution in [-0.2, 0) is 0 Å². The second-order valence-corrected chi connectivity index (χ2v) is 3.50. The summed E-state index contributed by atoms with van der Waals surface area (Å²) in [6.45, 7) is 3.77. The number of benzene rings is 1. The lowest BCUT2D eigenvalue weighted by Crippen LogP contribution is -2.34. The Morgan fingerprint density at radius 2 is 2.29 bits per heavy atom. The highest BCUT2D eigenvalue weighted by Gasteiger charge is 2.17. The molecule has 4 nitrogen and oxygen atoms in total. The van der Waals surface area contributed by atoms with E-state index in [1.165, 1.54) is 23.1 Å². The molecular weight excluding hydrogens is 223 g/mol. The number of hydrogen-bond donors (Lipinski definition) is 2. The van der Waals surface area contributed by atoms with Crippen LogP contribution in [0.15, 0.2) is 30.9 Å². The van der Waals surface area contributed by atoms with E-state index in [4.69, 9.17) is 10.8 Å². The topological polar surface area (TPSA) is 66.6 Å². The molecule has 1 aromatic carbocycles. The number of nitrogens with two attached hydrogens (primary N) is 1. The van der Waals surface area contributed by atoms with E-state index >= 15 is 0 Å². The fourth-order valence-corrected chi connectivity index (χ4v) is 1.44. The van der Waals surface area contributed by atoms with Crippen LogP contribution in [0.2, 0.25) is 0 Å². The Morgan fingerprint density at radius 3 is 2.88 bits per heavy atom. The lowest BCUT2D eigenvalue weighted by Gasteiger charge is -2.20. The van der Waals surface area contributed by atoms with Crippen LogP contribution in [0.5, 0.6) is 0 Å². The predicted molar refractivity (Wildman–Crippen MR) is 64.0 cm³/mol. The van der Waals surface area contributed by atoms with E-state index in [9.17, 15) is 9.18 Å². The highest BCUT2D eigenvalue weighted by molar-refractivity contribution is 5.99. The first-order valence-electron chi connectivity index (χ1n) is 5.16. The van der Waals surface area contributed by atoms with Crippen molar-refractivity contribution in [1.82, 2.24) is 4.90 Å². The summed E-state index contributed by atoms with van der Waals surface area (Å²) >= 11 is 0. The van der Waals surface area contributed by atoms with Gasteiger partial charge in [0, 0.05) is 18.8 Å². The number of halogens is 1. The molecule has 0 aliphatic carbocycles. The Morgan fingerprint density at radius 1 is 1.59 bits per heavy atom. The number of hydrogen-bond acceptors (Lipinski definition) is 3. The van der Waals surface area contributed by atoms with E-state index < -0.39 is 11.7 Å². The van der Waals surface area contributed by atoms with Crippen molar-refractivity contribution in [3.8, 4) is 0 Å². The maximum atomic E-state index is 13.0. The first-order valence-corrected chi connectivity index (χ1v) is 5.16. The quantitative estimate of drug-likeness (QED) is 0.594. The van der Waals surface area contributed by atoms with Crippen molar-refractivity contribution in [3.05, 3.63) is 42.2 Å². The molecule has 0 spiro atoms. The van der Waals surface area contributed by atoms with Crippen LogP contribution in [-0.4, -0.2) is 35.6 Å². The number of rotatable bonds is 5. The molecule has 0 heterocycles. The number of carbonyl (C=O) groups is 1. The zero-order chi connectivity index (χ0) is 12.8. The summed E-state index contributed by atoms with van der Waals surface area (Å²) < 4.78 is 13.0. The molecule has 1 amide bonds. The maximum Gasteiger partial charge on any atom is 0.256 e. The minimum atomic E-state index is -0.523. The average Bonchev–Trinajstić information content (AvgIpc) is 2.31. The third-order valence-corrected chi connectivity index (χ3v) is 2.25. The summed E-state index contributed by atoms with van der Waals surface area (Å²) in [6, 6.07) is 3.62. The molecule has 0 bridgehead atoms. The molecule has 0 unspecified atom stereocenters. The summed E-state index contributed by atoms with van der Waals surface area (Å²) in [5.74, 6) is -0.943. The Balaban J connectivity index is 2.99. The number of aliphatic hydroxyl groups excluding tert-OH is 1. The van der Waals surface area contributed by atoms with Crippen LogP contribution in [0.3, 0.4) is 0 Å². The minimum absolute atomic E-state index is 0.0975. The van der Waals surface area contributed by atoms with E-state index in [1.54, 1.807) is 0 Å². The second-order valence-electron chi connectivity index (χ2n) is 3.50. The maximum absolute atomic E-state index is 13.0.